The quantitative estimate of drug-likeness (QED) is 0.733. The van der Waals surface area contributed by atoms with Gasteiger partial charge in [-0.1, -0.05) is 12.2 Å². The van der Waals surface area contributed by atoms with Gasteiger partial charge in [-0.25, -0.2) is 9.99 Å². The van der Waals surface area contributed by atoms with E-state index in [-0.39, 0.29) is 18.1 Å². The number of hydrogen-bond acceptors (Lipinski definition) is 5. The molecule has 2 aliphatic heterocycles. The monoisotopic (exact) mass is 344 g/mol. The van der Waals surface area contributed by atoms with Crippen LogP contribution in [0.25, 0.3) is 0 Å². The molecular formula is C19H28N4O2. The number of ether oxygens (including phenoxy) is 1. The molecule has 1 aromatic rings. The predicted octanol–water partition coefficient (Wildman–Crippen LogP) is 3.00. The second-order valence-electron chi connectivity index (χ2n) is 7.41. The average Bonchev–Trinajstić information content (AvgIpc) is 2.56. The minimum absolute atomic E-state index is 0.0195. The molecular weight excluding hydrogens is 316 g/mol. The van der Waals surface area contributed by atoms with Crippen molar-refractivity contribution in [2.75, 3.05) is 36.1 Å². The third-order valence-corrected chi connectivity index (χ3v) is 4.56. The highest BCUT2D eigenvalue weighted by Crippen LogP contribution is 2.34. The molecule has 1 aromatic heterocycles. The van der Waals surface area contributed by atoms with Crippen LogP contribution in [-0.2, 0) is 4.79 Å². The number of hydrogen-bond donors (Lipinski definition) is 0. The van der Waals surface area contributed by atoms with Gasteiger partial charge in [0.1, 0.15) is 5.82 Å². The molecule has 1 amide bonds. The maximum absolute atomic E-state index is 12.3. The molecule has 0 aromatic carbocycles. The summed E-state index contributed by atoms with van der Waals surface area (Å²) < 4.78 is 5.58. The van der Waals surface area contributed by atoms with Gasteiger partial charge in [-0.05, 0) is 52.7 Å². The largest absolute Gasteiger partial charge is 0.480 e. The number of aromatic nitrogens is 1. The Morgan fingerprint density at radius 3 is 2.76 bits per heavy atom. The van der Waals surface area contributed by atoms with E-state index >= 15 is 0 Å². The standard InChI is InChI=1S/C19H28N4O2/c1-5-22-16-11-10-15-18(20-16)21(17(24)14-25-15)12-8-6-7-9-13-23(22)19(2,3)4/h7,9-11H,5-6,8,12-14H2,1-4H3/b9-7-. The van der Waals surface area contributed by atoms with Crippen LogP contribution in [0.15, 0.2) is 24.3 Å². The van der Waals surface area contributed by atoms with Crippen molar-refractivity contribution in [3.8, 4) is 5.75 Å². The number of allylic oxidation sites excluding steroid dienone is 1. The molecule has 2 aliphatic rings. The highest BCUT2D eigenvalue weighted by atomic mass is 16.5. The fourth-order valence-electron chi connectivity index (χ4n) is 3.29. The van der Waals surface area contributed by atoms with Crippen molar-refractivity contribution in [3.05, 3.63) is 24.3 Å². The molecule has 0 radical (unpaired) electrons. The number of anilines is 2. The number of carbonyl (C=O) groups is 1. The molecule has 6 heteroatoms. The second kappa shape index (κ2) is 7.04. The van der Waals surface area contributed by atoms with Crippen LogP contribution in [0.5, 0.6) is 5.75 Å². The van der Waals surface area contributed by atoms with E-state index in [1.165, 1.54) is 0 Å². The van der Waals surface area contributed by atoms with E-state index in [2.05, 4.69) is 49.9 Å². The maximum atomic E-state index is 12.3. The predicted molar refractivity (Wildman–Crippen MR) is 99.9 cm³/mol. The minimum Gasteiger partial charge on any atom is -0.480 e. The Bertz CT molecular complexity index is 666. The molecule has 0 N–H and O–H groups in total. The molecule has 0 spiro atoms. The fraction of sp³-hybridized carbons (Fsp3) is 0.579. The van der Waals surface area contributed by atoms with Gasteiger partial charge in [0.05, 0.1) is 0 Å². The van der Waals surface area contributed by atoms with Gasteiger partial charge in [0.25, 0.3) is 5.91 Å². The Morgan fingerprint density at radius 1 is 1.24 bits per heavy atom. The molecule has 0 aliphatic carbocycles. The van der Waals surface area contributed by atoms with Crippen LogP contribution in [-0.4, -0.2) is 47.7 Å². The fourth-order valence-corrected chi connectivity index (χ4v) is 3.29. The van der Waals surface area contributed by atoms with E-state index < -0.39 is 0 Å². The zero-order chi connectivity index (χ0) is 18.0. The van der Waals surface area contributed by atoms with Gasteiger partial charge >= 0.3 is 0 Å². The van der Waals surface area contributed by atoms with E-state index in [4.69, 9.17) is 9.72 Å². The Labute approximate surface area is 150 Å². The highest BCUT2D eigenvalue weighted by molar-refractivity contribution is 5.96. The smallest absolute Gasteiger partial charge is 0.266 e. The summed E-state index contributed by atoms with van der Waals surface area (Å²) in [5.74, 6) is 2.15. The van der Waals surface area contributed by atoms with Crippen LogP contribution in [0.1, 0.15) is 40.5 Å². The molecule has 0 atom stereocenters. The van der Waals surface area contributed by atoms with Gasteiger partial charge in [0.15, 0.2) is 18.2 Å². The summed E-state index contributed by atoms with van der Waals surface area (Å²) >= 11 is 0. The Kier molecular flexibility index (Phi) is 4.99. The molecule has 0 saturated carbocycles. The summed E-state index contributed by atoms with van der Waals surface area (Å²) in [4.78, 5) is 18.9. The van der Waals surface area contributed by atoms with Gasteiger partial charge in [0.2, 0.25) is 0 Å². The number of nitrogens with zero attached hydrogens (tertiary/aromatic N) is 4. The summed E-state index contributed by atoms with van der Waals surface area (Å²) in [5, 5.41) is 4.50. The van der Waals surface area contributed by atoms with E-state index in [0.29, 0.717) is 18.1 Å². The molecule has 3 rings (SSSR count). The number of fused-ring (bicyclic) bond motifs is 1. The first-order chi connectivity index (χ1) is 11.9. The van der Waals surface area contributed by atoms with E-state index in [1.54, 1.807) is 4.90 Å². The van der Waals surface area contributed by atoms with Crippen molar-refractivity contribution in [3.63, 3.8) is 0 Å². The van der Waals surface area contributed by atoms with Gasteiger partial charge < -0.3 is 4.74 Å². The van der Waals surface area contributed by atoms with E-state index in [1.807, 2.05) is 12.1 Å². The Morgan fingerprint density at radius 2 is 2.04 bits per heavy atom. The topological polar surface area (TPSA) is 48.9 Å². The molecule has 0 saturated heterocycles. The Hall–Kier alpha value is -2.08. The molecule has 25 heavy (non-hydrogen) atoms. The van der Waals surface area contributed by atoms with Crippen LogP contribution in [0.3, 0.4) is 0 Å². The van der Waals surface area contributed by atoms with Crippen LogP contribution in [0.2, 0.25) is 0 Å². The lowest BCUT2D eigenvalue weighted by atomic mass is 10.1. The lowest BCUT2D eigenvalue weighted by Gasteiger charge is -2.44. The van der Waals surface area contributed by atoms with Crippen molar-refractivity contribution in [1.82, 2.24) is 9.99 Å². The molecule has 0 fully saturated rings. The molecule has 2 bridgehead atoms. The van der Waals surface area contributed by atoms with Gasteiger partial charge in [0, 0.05) is 25.2 Å². The first-order valence-electron chi connectivity index (χ1n) is 9.06. The van der Waals surface area contributed by atoms with Crippen molar-refractivity contribution in [1.29, 1.82) is 0 Å². The zero-order valence-electron chi connectivity index (χ0n) is 15.7. The lowest BCUT2D eigenvalue weighted by Crippen LogP contribution is -2.53. The molecule has 6 nitrogen and oxygen atoms in total. The summed E-state index contributed by atoms with van der Waals surface area (Å²) in [6.07, 6.45) is 6.29. The number of hydrazine groups is 1. The SMILES string of the molecule is CCN1c2ccc3c(n2)N(CCC/C=C\CN1C(C)(C)C)C(=O)CO3. The van der Waals surface area contributed by atoms with Crippen molar-refractivity contribution in [2.24, 2.45) is 0 Å². The molecule has 136 valence electrons. The zero-order valence-corrected chi connectivity index (χ0v) is 15.7. The van der Waals surface area contributed by atoms with Crippen molar-refractivity contribution >= 4 is 17.5 Å². The van der Waals surface area contributed by atoms with Crippen LogP contribution in [0.4, 0.5) is 11.6 Å². The average molecular weight is 344 g/mol. The molecule has 0 unspecified atom stereocenters. The summed E-state index contributed by atoms with van der Waals surface area (Å²) in [5.41, 5.74) is -0.0476. The van der Waals surface area contributed by atoms with Crippen molar-refractivity contribution in [2.45, 2.75) is 46.1 Å². The highest BCUT2D eigenvalue weighted by Gasteiger charge is 2.30. The van der Waals surface area contributed by atoms with Crippen LogP contribution < -0.4 is 14.6 Å². The van der Waals surface area contributed by atoms with Gasteiger partial charge in [-0.15, -0.1) is 0 Å². The van der Waals surface area contributed by atoms with E-state index in [9.17, 15) is 4.79 Å². The minimum atomic E-state index is -0.0476. The maximum Gasteiger partial charge on any atom is 0.266 e. The lowest BCUT2D eigenvalue weighted by molar-refractivity contribution is -0.121. The van der Waals surface area contributed by atoms with Crippen LogP contribution >= 0.6 is 0 Å². The first-order valence-corrected chi connectivity index (χ1v) is 9.06. The van der Waals surface area contributed by atoms with Gasteiger partial charge in [-0.3, -0.25) is 14.7 Å². The van der Waals surface area contributed by atoms with E-state index in [0.717, 1.165) is 31.7 Å². The normalized spacial score (nSPS) is 20.6. The summed E-state index contributed by atoms with van der Waals surface area (Å²) in [6, 6.07) is 3.91. The summed E-state index contributed by atoms with van der Waals surface area (Å²) in [6.45, 7) is 11.1. The summed E-state index contributed by atoms with van der Waals surface area (Å²) in [7, 11) is 0. The number of pyridine rings is 1. The second-order valence-corrected chi connectivity index (χ2v) is 7.41. The third-order valence-electron chi connectivity index (χ3n) is 4.56. The first kappa shape index (κ1) is 17.7. The number of amides is 1. The number of rotatable bonds is 1. The van der Waals surface area contributed by atoms with Crippen LogP contribution in [0, 0.1) is 0 Å². The van der Waals surface area contributed by atoms with Gasteiger partial charge in [-0.2, -0.15) is 0 Å². The van der Waals surface area contributed by atoms with Crippen molar-refractivity contribution < 1.29 is 9.53 Å². The molecule has 3 heterocycles. The third kappa shape index (κ3) is 3.63. The Balaban J connectivity index is 2.08. The number of carbonyl (C=O) groups excluding carboxylic acids is 1.